The molecule has 0 bridgehead atoms. The van der Waals surface area contributed by atoms with Gasteiger partial charge in [0, 0.05) is 37.6 Å². The molecule has 3 rings (SSSR count). The standard InChI is InChI=1S/C19H25N5O2S/c1-2-18(27)21-13-17-14-24(19(25)26-17)16-5-3-15(4-6-16)23-11-9-22(8-7-20)10-12-23/h3-6,17H,2,8-14H2,1H3,(H,21,27)/t17-/m0/s1. The molecule has 144 valence electrons. The van der Waals surface area contributed by atoms with E-state index in [1.807, 2.05) is 31.2 Å². The van der Waals surface area contributed by atoms with E-state index in [9.17, 15) is 4.79 Å². The predicted octanol–water partition coefficient (Wildman–Crippen LogP) is 1.98. The number of benzene rings is 1. The molecule has 0 aliphatic carbocycles. The molecule has 1 aromatic carbocycles. The molecule has 0 radical (unpaired) electrons. The lowest BCUT2D eigenvalue weighted by molar-refractivity contribution is 0.143. The first-order chi connectivity index (χ1) is 13.1. The van der Waals surface area contributed by atoms with Crippen LogP contribution in [-0.4, -0.2) is 67.9 Å². The first-order valence-electron chi connectivity index (χ1n) is 9.30. The van der Waals surface area contributed by atoms with Gasteiger partial charge in [-0.2, -0.15) is 5.26 Å². The van der Waals surface area contributed by atoms with E-state index in [0.717, 1.165) is 49.0 Å². The fourth-order valence-corrected chi connectivity index (χ4v) is 3.38. The molecule has 1 aromatic rings. The third kappa shape index (κ3) is 4.87. The molecule has 2 fully saturated rings. The molecular formula is C19H25N5O2S. The summed E-state index contributed by atoms with van der Waals surface area (Å²) < 4.78 is 5.43. The number of hydrogen-bond acceptors (Lipinski definition) is 6. The van der Waals surface area contributed by atoms with Crippen molar-refractivity contribution < 1.29 is 9.53 Å². The zero-order chi connectivity index (χ0) is 19.2. The molecule has 0 spiro atoms. The van der Waals surface area contributed by atoms with Crippen molar-refractivity contribution in [3.63, 3.8) is 0 Å². The van der Waals surface area contributed by atoms with E-state index in [2.05, 4.69) is 21.2 Å². The van der Waals surface area contributed by atoms with E-state index in [4.69, 9.17) is 22.2 Å². The second-order valence-corrected chi connectivity index (χ2v) is 7.20. The molecule has 0 saturated carbocycles. The maximum Gasteiger partial charge on any atom is 0.414 e. The molecule has 1 atom stereocenters. The van der Waals surface area contributed by atoms with E-state index in [-0.39, 0.29) is 12.2 Å². The third-order valence-corrected chi connectivity index (χ3v) is 5.35. The van der Waals surface area contributed by atoms with Crippen LogP contribution in [0.4, 0.5) is 16.2 Å². The van der Waals surface area contributed by atoms with Gasteiger partial charge in [0.1, 0.15) is 6.10 Å². The summed E-state index contributed by atoms with van der Waals surface area (Å²) in [6.45, 7) is 7.13. The van der Waals surface area contributed by atoms with E-state index in [1.165, 1.54) is 0 Å². The highest BCUT2D eigenvalue weighted by molar-refractivity contribution is 7.80. The zero-order valence-electron chi connectivity index (χ0n) is 15.6. The van der Waals surface area contributed by atoms with Crippen LogP contribution in [0, 0.1) is 11.3 Å². The largest absolute Gasteiger partial charge is 0.442 e. The predicted molar refractivity (Wildman–Crippen MR) is 109 cm³/mol. The van der Waals surface area contributed by atoms with E-state index >= 15 is 0 Å². The van der Waals surface area contributed by atoms with Gasteiger partial charge in [-0.05, 0) is 30.7 Å². The normalized spacial score (nSPS) is 20.3. The van der Waals surface area contributed by atoms with Gasteiger partial charge in [-0.3, -0.25) is 9.80 Å². The van der Waals surface area contributed by atoms with E-state index in [0.29, 0.717) is 19.6 Å². The SMILES string of the molecule is CCC(=S)NC[C@H]1CN(c2ccc(N3CCN(CC#N)CC3)cc2)C(=O)O1. The van der Waals surface area contributed by atoms with Crippen LogP contribution in [0.2, 0.25) is 0 Å². The number of nitriles is 1. The third-order valence-electron chi connectivity index (χ3n) is 4.92. The van der Waals surface area contributed by atoms with Crippen LogP contribution in [0.15, 0.2) is 24.3 Å². The lowest BCUT2D eigenvalue weighted by atomic mass is 10.2. The summed E-state index contributed by atoms with van der Waals surface area (Å²) in [5.74, 6) is 0. The molecule has 1 amide bonds. The van der Waals surface area contributed by atoms with E-state index < -0.39 is 0 Å². The summed E-state index contributed by atoms with van der Waals surface area (Å²) in [6, 6.07) is 10.2. The van der Waals surface area contributed by atoms with Crippen LogP contribution >= 0.6 is 12.2 Å². The summed E-state index contributed by atoms with van der Waals surface area (Å²) in [6.07, 6.45) is 0.267. The molecule has 2 saturated heterocycles. The molecule has 0 unspecified atom stereocenters. The molecular weight excluding hydrogens is 362 g/mol. The number of amides is 1. The number of hydrogen-bond donors (Lipinski definition) is 1. The Hall–Kier alpha value is -2.37. The van der Waals surface area contributed by atoms with Crippen molar-refractivity contribution in [3.05, 3.63) is 24.3 Å². The fourth-order valence-electron chi connectivity index (χ4n) is 3.30. The Balaban J connectivity index is 1.55. The second kappa shape index (κ2) is 9.02. The average molecular weight is 388 g/mol. The minimum absolute atomic E-state index is 0.199. The molecule has 7 nitrogen and oxygen atoms in total. The zero-order valence-corrected chi connectivity index (χ0v) is 16.4. The molecule has 2 aliphatic rings. The van der Waals surface area contributed by atoms with Crippen molar-refractivity contribution >= 4 is 34.7 Å². The van der Waals surface area contributed by atoms with Gasteiger partial charge < -0.3 is 15.0 Å². The summed E-state index contributed by atoms with van der Waals surface area (Å²) >= 11 is 5.15. The molecule has 2 heterocycles. The Bertz CT molecular complexity index is 710. The Morgan fingerprint density at radius 3 is 2.56 bits per heavy atom. The lowest BCUT2D eigenvalue weighted by Crippen LogP contribution is -2.46. The van der Waals surface area contributed by atoms with Gasteiger partial charge in [-0.1, -0.05) is 19.1 Å². The number of thiocarbonyl (C=S) groups is 1. The number of ether oxygens (including phenoxy) is 1. The summed E-state index contributed by atoms with van der Waals surface area (Å²) in [5.41, 5.74) is 1.97. The van der Waals surface area contributed by atoms with Gasteiger partial charge >= 0.3 is 6.09 Å². The first kappa shape index (κ1) is 19.4. The molecule has 8 heteroatoms. The maximum absolute atomic E-state index is 12.2. The number of nitrogens with one attached hydrogen (secondary N) is 1. The minimum Gasteiger partial charge on any atom is -0.442 e. The minimum atomic E-state index is -0.318. The topological polar surface area (TPSA) is 71.8 Å². The van der Waals surface area contributed by atoms with Crippen molar-refractivity contribution in [2.24, 2.45) is 0 Å². The Labute approximate surface area is 165 Å². The van der Waals surface area contributed by atoms with Crippen molar-refractivity contribution in [2.75, 3.05) is 55.6 Å². The van der Waals surface area contributed by atoms with Crippen molar-refractivity contribution in [2.45, 2.75) is 19.4 Å². The molecule has 0 aromatic heterocycles. The van der Waals surface area contributed by atoms with Crippen LogP contribution in [0.25, 0.3) is 0 Å². The van der Waals surface area contributed by atoms with Crippen LogP contribution in [0.3, 0.4) is 0 Å². The quantitative estimate of drug-likeness (QED) is 0.591. The number of piperazine rings is 1. The maximum atomic E-state index is 12.2. The second-order valence-electron chi connectivity index (χ2n) is 6.71. The van der Waals surface area contributed by atoms with E-state index in [1.54, 1.807) is 4.90 Å². The number of carbonyl (C=O) groups excluding carboxylic acids is 1. The monoisotopic (exact) mass is 387 g/mol. The number of rotatable bonds is 6. The van der Waals surface area contributed by atoms with Crippen LogP contribution < -0.4 is 15.1 Å². The first-order valence-corrected chi connectivity index (χ1v) is 9.70. The van der Waals surface area contributed by atoms with Crippen molar-refractivity contribution in [1.29, 1.82) is 5.26 Å². The molecule has 1 N–H and O–H groups in total. The van der Waals surface area contributed by atoms with Crippen molar-refractivity contribution in [3.8, 4) is 6.07 Å². The number of anilines is 2. The highest BCUT2D eigenvalue weighted by Gasteiger charge is 2.32. The summed E-state index contributed by atoms with van der Waals surface area (Å²) in [5, 5.41) is 11.9. The highest BCUT2D eigenvalue weighted by Crippen LogP contribution is 2.25. The van der Waals surface area contributed by atoms with Crippen molar-refractivity contribution in [1.82, 2.24) is 10.2 Å². The van der Waals surface area contributed by atoms with Gasteiger partial charge in [-0.25, -0.2) is 4.79 Å². The lowest BCUT2D eigenvalue weighted by Gasteiger charge is -2.35. The Kier molecular flexibility index (Phi) is 6.48. The van der Waals surface area contributed by atoms with Gasteiger partial charge in [0.2, 0.25) is 0 Å². The Morgan fingerprint density at radius 1 is 1.26 bits per heavy atom. The number of nitrogens with zero attached hydrogens (tertiary/aromatic N) is 4. The van der Waals surface area contributed by atoms with Gasteiger partial charge in [0.05, 0.1) is 30.7 Å². The van der Waals surface area contributed by atoms with Gasteiger partial charge in [-0.15, -0.1) is 0 Å². The number of cyclic esters (lactones) is 1. The van der Waals surface area contributed by atoms with Crippen LogP contribution in [-0.2, 0) is 4.74 Å². The fraction of sp³-hybridized carbons (Fsp3) is 0.526. The molecule has 27 heavy (non-hydrogen) atoms. The van der Waals surface area contributed by atoms with Gasteiger partial charge in [0.25, 0.3) is 0 Å². The number of carbonyl (C=O) groups is 1. The molecule has 2 aliphatic heterocycles. The summed E-state index contributed by atoms with van der Waals surface area (Å²) in [4.78, 5) is 19.1. The Morgan fingerprint density at radius 2 is 1.93 bits per heavy atom. The van der Waals surface area contributed by atoms with Crippen LogP contribution in [0.1, 0.15) is 13.3 Å². The average Bonchev–Trinajstić information content (AvgIpc) is 3.08. The van der Waals surface area contributed by atoms with Gasteiger partial charge in [0.15, 0.2) is 0 Å². The smallest absolute Gasteiger partial charge is 0.414 e. The van der Waals surface area contributed by atoms with Crippen LogP contribution in [0.5, 0.6) is 0 Å². The highest BCUT2D eigenvalue weighted by atomic mass is 32.1. The summed E-state index contributed by atoms with van der Waals surface area (Å²) in [7, 11) is 0.